The monoisotopic (exact) mass is 289 g/mol. The molecule has 0 radical (unpaired) electrons. The van der Waals surface area contributed by atoms with Gasteiger partial charge in [-0.15, -0.1) is 0 Å². The van der Waals surface area contributed by atoms with Crippen LogP contribution in [0.3, 0.4) is 0 Å². The number of rotatable bonds is 7. The summed E-state index contributed by atoms with van der Waals surface area (Å²) in [6.45, 7) is 13.3. The first-order valence-electron chi connectivity index (χ1n) is 8.31. The van der Waals surface area contributed by atoms with E-state index in [1.54, 1.807) is 0 Å². The Morgan fingerprint density at radius 2 is 2.05 bits per heavy atom. The Hall–Kier alpha value is -1.09. The molecule has 1 heterocycles. The average Bonchev–Trinajstić information content (AvgIpc) is 3.21. The van der Waals surface area contributed by atoms with Gasteiger partial charge in [0, 0.05) is 30.9 Å². The summed E-state index contributed by atoms with van der Waals surface area (Å²) in [6.07, 6.45) is 7.88. The molecule has 0 bridgehead atoms. The molecule has 21 heavy (non-hydrogen) atoms. The molecule has 3 heteroatoms. The van der Waals surface area contributed by atoms with Crippen LogP contribution in [0.15, 0.2) is 18.5 Å². The summed E-state index contributed by atoms with van der Waals surface area (Å²) in [7, 11) is 0. The maximum Gasteiger partial charge on any atom is 0.0600 e. The van der Waals surface area contributed by atoms with Crippen molar-refractivity contribution in [1.29, 1.82) is 0 Å². The van der Waals surface area contributed by atoms with Crippen molar-refractivity contribution in [1.82, 2.24) is 10.3 Å². The zero-order valence-electron chi connectivity index (χ0n) is 14.3. The van der Waals surface area contributed by atoms with Crippen LogP contribution in [0.4, 0.5) is 5.69 Å². The first kappa shape index (κ1) is 16.3. The first-order valence-corrected chi connectivity index (χ1v) is 8.31. The normalized spacial score (nSPS) is 15.5. The van der Waals surface area contributed by atoms with E-state index in [0.717, 1.165) is 25.0 Å². The predicted molar refractivity (Wildman–Crippen MR) is 90.7 cm³/mol. The smallest absolute Gasteiger partial charge is 0.0600 e. The summed E-state index contributed by atoms with van der Waals surface area (Å²) in [6, 6.07) is 2.90. The maximum absolute atomic E-state index is 4.38. The van der Waals surface area contributed by atoms with E-state index in [0.29, 0.717) is 0 Å². The van der Waals surface area contributed by atoms with Gasteiger partial charge >= 0.3 is 0 Å². The quantitative estimate of drug-likeness (QED) is 0.823. The number of hydrogen-bond acceptors (Lipinski definition) is 3. The molecule has 0 atom stereocenters. The highest BCUT2D eigenvalue weighted by molar-refractivity contribution is 5.53. The molecule has 0 aromatic carbocycles. The van der Waals surface area contributed by atoms with Gasteiger partial charge in [-0.1, -0.05) is 13.8 Å². The number of hydrogen-bond donors (Lipinski definition) is 1. The van der Waals surface area contributed by atoms with E-state index in [-0.39, 0.29) is 5.54 Å². The molecule has 2 rings (SSSR count). The van der Waals surface area contributed by atoms with Crippen molar-refractivity contribution in [2.24, 2.45) is 5.92 Å². The van der Waals surface area contributed by atoms with Crippen LogP contribution in [0.5, 0.6) is 0 Å². The highest BCUT2D eigenvalue weighted by atomic mass is 15.2. The zero-order valence-corrected chi connectivity index (χ0v) is 14.3. The molecule has 0 saturated heterocycles. The van der Waals surface area contributed by atoms with Gasteiger partial charge in [-0.3, -0.25) is 4.98 Å². The van der Waals surface area contributed by atoms with Gasteiger partial charge in [0.1, 0.15) is 0 Å². The van der Waals surface area contributed by atoms with Crippen molar-refractivity contribution in [2.75, 3.05) is 11.4 Å². The Bertz CT molecular complexity index is 444. The summed E-state index contributed by atoms with van der Waals surface area (Å²) in [5, 5.41) is 3.60. The van der Waals surface area contributed by atoms with Crippen molar-refractivity contribution in [3.8, 4) is 0 Å². The van der Waals surface area contributed by atoms with E-state index in [4.69, 9.17) is 0 Å². The Morgan fingerprint density at radius 1 is 1.33 bits per heavy atom. The van der Waals surface area contributed by atoms with Crippen LogP contribution < -0.4 is 10.2 Å². The molecule has 0 spiro atoms. The standard InChI is InChI=1S/C18H31N3/c1-14(2)9-11-21(16-6-7-16)17-13-19-10-8-15(17)12-20-18(3,4)5/h8,10,13-14,16,20H,6-7,9,11-12H2,1-5H3. The molecule has 0 amide bonds. The average molecular weight is 289 g/mol. The summed E-state index contributed by atoms with van der Waals surface area (Å²) in [4.78, 5) is 6.97. The second-order valence-corrected chi connectivity index (χ2v) is 7.72. The Balaban J connectivity index is 2.12. The van der Waals surface area contributed by atoms with Crippen LogP contribution in [-0.4, -0.2) is 23.1 Å². The van der Waals surface area contributed by atoms with Crippen molar-refractivity contribution in [2.45, 2.75) is 72.0 Å². The Kier molecular flexibility index (Phi) is 5.26. The van der Waals surface area contributed by atoms with Gasteiger partial charge in [-0.05, 0) is 57.6 Å². The first-order chi connectivity index (χ1) is 9.87. The Morgan fingerprint density at radius 3 is 2.62 bits per heavy atom. The fourth-order valence-corrected chi connectivity index (χ4v) is 2.47. The van der Waals surface area contributed by atoms with Crippen LogP contribution in [0, 0.1) is 5.92 Å². The Labute approximate surface area is 130 Å². The molecular weight excluding hydrogens is 258 g/mol. The highest BCUT2D eigenvalue weighted by Crippen LogP contribution is 2.33. The number of pyridine rings is 1. The molecule has 1 saturated carbocycles. The highest BCUT2D eigenvalue weighted by Gasteiger charge is 2.30. The topological polar surface area (TPSA) is 28.2 Å². The minimum absolute atomic E-state index is 0.142. The van der Waals surface area contributed by atoms with Gasteiger partial charge in [0.25, 0.3) is 0 Å². The fraction of sp³-hybridized carbons (Fsp3) is 0.722. The van der Waals surface area contributed by atoms with Crippen molar-refractivity contribution < 1.29 is 0 Å². The van der Waals surface area contributed by atoms with Gasteiger partial charge in [-0.2, -0.15) is 0 Å². The lowest BCUT2D eigenvalue weighted by atomic mass is 10.1. The van der Waals surface area contributed by atoms with E-state index in [9.17, 15) is 0 Å². The van der Waals surface area contributed by atoms with Crippen LogP contribution in [0.25, 0.3) is 0 Å². The number of aromatic nitrogens is 1. The summed E-state index contributed by atoms with van der Waals surface area (Å²) in [5.74, 6) is 0.749. The van der Waals surface area contributed by atoms with E-state index < -0.39 is 0 Å². The number of anilines is 1. The molecule has 0 unspecified atom stereocenters. The van der Waals surface area contributed by atoms with Gasteiger partial charge in [-0.25, -0.2) is 0 Å². The van der Waals surface area contributed by atoms with Gasteiger partial charge < -0.3 is 10.2 Å². The third kappa shape index (κ3) is 5.31. The molecule has 1 aliphatic carbocycles. The molecule has 1 aliphatic rings. The fourth-order valence-electron chi connectivity index (χ4n) is 2.47. The van der Waals surface area contributed by atoms with E-state index in [1.165, 1.54) is 30.5 Å². The zero-order chi connectivity index (χ0) is 15.5. The lowest BCUT2D eigenvalue weighted by Crippen LogP contribution is -2.36. The predicted octanol–water partition coefficient (Wildman–Crippen LogP) is 3.98. The van der Waals surface area contributed by atoms with Crippen LogP contribution in [-0.2, 0) is 6.54 Å². The lowest BCUT2D eigenvalue weighted by molar-refractivity contribution is 0.424. The van der Waals surface area contributed by atoms with Crippen LogP contribution in [0.1, 0.15) is 59.4 Å². The third-order valence-electron chi connectivity index (χ3n) is 3.94. The maximum atomic E-state index is 4.38. The molecule has 1 aromatic heterocycles. The summed E-state index contributed by atoms with van der Waals surface area (Å²) >= 11 is 0. The summed E-state index contributed by atoms with van der Waals surface area (Å²) < 4.78 is 0. The van der Waals surface area contributed by atoms with Gasteiger partial charge in [0.15, 0.2) is 0 Å². The molecule has 1 N–H and O–H groups in total. The molecule has 118 valence electrons. The minimum Gasteiger partial charge on any atom is -0.367 e. The van der Waals surface area contributed by atoms with Crippen LogP contribution in [0.2, 0.25) is 0 Å². The van der Waals surface area contributed by atoms with Crippen molar-refractivity contribution in [3.05, 3.63) is 24.0 Å². The minimum atomic E-state index is 0.142. The second kappa shape index (κ2) is 6.78. The third-order valence-corrected chi connectivity index (χ3v) is 3.94. The summed E-state index contributed by atoms with van der Waals surface area (Å²) in [5.41, 5.74) is 2.84. The number of nitrogens with one attached hydrogen (secondary N) is 1. The number of nitrogens with zero attached hydrogens (tertiary/aromatic N) is 2. The van der Waals surface area contributed by atoms with Gasteiger partial charge in [0.2, 0.25) is 0 Å². The molecular formula is C18H31N3. The molecule has 1 aromatic rings. The largest absolute Gasteiger partial charge is 0.367 e. The second-order valence-electron chi connectivity index (χ2n) is 7.72. The lowest BCUT2D eigenvalue weighted by Gasteiger charge is -2.29. The van der Waals surface area contributed by atoms with Crippen LogP contribution >= 0.6 is 0 Å². The van der Waals surface area contributed by atoms with E-state index in [1.807, 2.05) is 6.20 Å². The van der Waals surface area contributed by atoms with Gasteiger partial charge in [0.05, 0.1) is 11.9 Å². The van der Waals surface area contributed by atoms with Crippen molar-refractivity contribution in [3.63, 3.8) is 0 Å². The molecule has 3 nitrogen and oxygen atoms in total. The molecule has 1 fully saturated rings. The van der Waals surface area contributed by atoms with E-state index >= 15 is 0 Å². The van der Waals surface area contributed by atoms with E-state index in [2.05, 4.69) is 62.1 Å². The van der Waals surface area contributed by atoms with Crippen molar-refractivity contribution >= 4 is 5.69 Å². The molecule has 0 aliphatic heterocycles. The SMILES string of the molecule is CC(C)CCN(c1cnccc1CNC(C)(C)C)C1CC1.